The Bertz CT molecular complexity index is 523. The van der Waals surface area contributed by atoms with Crippen LogP contribution in [0.25, 0.3) is 0 Å². The number of nitrogens with zero attached hydrogens (tertiary/aromatic N) is 1. The van der Waals surface area contributed by atoms with Crippen molar-refractivity contribution in [2.24, 2.45) is 5.92 Å². The fourth-order valence-corrected chi connectivity index (χ4v) is 2.45. The summed E-state index contributed by atoms with van der Waals surface area (Å²) in [6, 6.07) is 5.94. The van der Waals surface area contributed by atoms with E-state index in [1.54, 1.807) is 0 Å². The molecule has 1 aromatic carbocycles. The van der Waals surface area contributed by atoms with Crippen LogP contribution in [0.2, 0.25) is 0 Å². The number of carbonyl (C=O) groups is 1. The highest BCUT2D eigenvalue weighted by molar-refractivity contribution is 5.73. The maximum Gasteiger partial charge on any atom is 0.341 e. The molecular formula is C17H24N2O3. The first-order valence-corrected chi connectivity index (χ1v) is 8.13. The molecule has 0 radical (unpaired) electrons. The molecule has 22 heavy (non-hydrogen) atoms. The van der Waals surface area contributed by atoms with Crippen molar-refractivity contribution in [3.05, 3.63) is 29.3 Å². The first kappa shape index (κ1) is 15.2. The maximum absolute atomic E-state index is 12.1. The van der Waals surface area contributed by atoms with E-state index in [4.69, 9.17) is 9.57 Å². The summed E-state index contributed by atoms with van der Waals surface area (Å²) in [4.78, 5) is 17.4. The molecule has 1 heterocycles. The Morgan fingerprint density at radius 2 is 2.27 bits per heavy atom. The average Bonchev–Trinajstić information content (AvgIpc) is 3.37. The predicted octanol–water partition coefficient (Wildman–Crippen LogP) is 3.02. The van der Waals surface area contributed by atoms with Gasteiger partial charge < -0.3 is 10.1 Å². The van der Waals surface area contributed by atoms with Crippen molar-refractivity contribution in [2.75, 3.05) is 19.8 Å². The van der Waals surface area contributed by atoms with Gasteiger partial charge in [0, 0.05) is 12.1 Å². The molecule has 1 saturated heterocycles. The largest absolute Gasteiger partial charge is 0.493 e. The van der Waals surface area contributed by atoms with Gasteiger partial charge in [0.15, 0.2) is 0 Å². The van der Waals surface area contributed by atoms with Crippen LogP contribution < -0.4 is 10.1 Å². The highest BCUT2D eigenvalue weighted by atomic mass is 16.7. The van der Waals surface area contributed by atoms with E-state index in [0.29, 0.717) is 25.6 Å². The topological polar surface area (TPSA) is 50.8 Å². The number of hydrogen-bond donors (Lipinski definition) is 1. The zero-order valence-corrected chi connectivity index (χ0v) is 13.1. The number of carbonyl (C=O) groups excluding carboxylic acids is 1. The molecule has 2 fully saturated rings. The molecule has 0 atom stereocenters. The number of urea groups is 1. The smallest absolute Gasteiger partial charge is 0.341 e. The minimum Gasteiger partial charge on any atom is -0.493 e. The van der Waals surface area contributed by atoms with Crippen molar-refractivity contribution in [3.63, 3.8) is 0 Å². The summed E-state index contributed by atoms with van der Waals surface area (Å²) in [6.45, 7) is 4.56. The van der Waals surface area contributed by atoms with Crippen LogP contribution in [0.15, 0.2) is 18.2 Å². The van der Waals surface area contributed by atoms with E-state index < -0.39 is 0 Å². The van der Waals surface area contributed by atoms with E-state index in [-0.39, 0.29) is 6.03 Å². The van der Waals surface area contributed by atoms with Gasteiger partial charge in [0.2, 0.25) is 0 Å². The van der Waals surface area contributed by atoms with Crippen molar-refractivity contribution in [2.45, 2.75) is 39.2 Å². The molecule has 1 aliphatic heterocycles. The summed E-state index contributed by atoms with van der Waals surface area (Å²) in [5.74, 6) is 1.59. The molecule has 2 aliphatic rings. The lowest BCUT2D eigenvalue weighted by Crippen LogP contribution is -2.42. The van der Waals surface area contributed by atoms with Crippen LogP contribution in [0.3, 0.4) is 0 Å². The Labute approximate surface area is 131 Å². The highest BCUT2D eigenvalue weighted by Crippen LogP contribution is 2.30. The number of nitrogens with one attached hydrogen (secondary N) is 1. The summed E-state index contributed by atoms with van der Waals surface area (Å²) in [5.41, 5.74) is 2.18. The molecule has 1 N–H and O–H groups in total. The van der Waals surface area contributed by atoms with Gasteiger partial charge in [-0.3, -0.25) is 4.84 Å². The molecule has 3 rings (SSSR count). The Hall–Kier alpha value is -1.75. The summed E-state index contributed by atoms with van der Waals surface area (Å²) in [7, 11) is 0. The summed E-state index contributed by atoms with van der Waals surface area (Å²) < 4.78 is 5.92. The third-order valence-electron chi connectivity index (χ3n) is 4.05. The van der Waals surface area contributed by atoms with Crippen LogP contribution in [0.1, 0.15) is 36.8 Å². The first-order valence-electron chi connectivity index (χ1n) is 8.13. The SMILES string of the molecule is Cc1ccc(CNC(=O)N2CCCCO2)c(OCC2CC2)c1. The minimum absolute atomic E-state index is 0.173. The van der Waals surface area contributed by atoms with Gasteiger partial charge >= 0.3 is 6.03 Å². The van der Waals surface area contributed by atoms with Gasteiger partial charge in [-0.15, -0.1) is 0 Å². The van der Waals surface area contributed by atoms with Crippen molar-refractivity contribution in [1.82, 2.24) is 10.4 Å². The fraction of sp³-hybridized carbons (Fsp3) is 0.588. The molecule has 5 nitrogen and oxygen atoms in total. The number of amides is 2. The fourth-order valence-electron chi connectivity index (χ4n) is 2.45. The summed E-state index contributed by atoms with van der Waals surface area (Å²) in [6.07, 6.45) is 4.54. The van der Waals surface area contributed by atoms with Crippen molar-refractivity contribution >= 4 is 6.03 Å². The standard InChI is InChI=1S/C17H24N2O3/c1-13-4-7-15(16(10-13)21-12-14-5-6-14)11-18-17(20)19-8-2-3-9-22-19/h4,7,10,14H,2-3,5-6,8-9,11-12H2,1H3,(H,18,20). The molecule has 0 aromatic heterocycles. The normalized spacial score (nSPS) is 18.1. The monoisotopic (exact) mass is 304 g/mol. The average molecular weight is 304 g/mol. The molecule has 1 saturated carbocycles. The van der Waals surface area contributed by atoms with Gasteiger partial charge in [0.05, 0.1) is 19.8 Å². The quantitative estimate of drug-likeness (QED) is 0.909. The van der Waals surface area contributed by atoms with Gasteiger partial charge in [-0.2, -0.15) is 0 Å². The number of aryl methyl sites for hydroxylation is 1. The second-order valence-corrected chi connectivity index (χ2v) is 6.17. The van der Waals surface area contributed by atoms with E-state index in [1.165, 1.54) is 23.5 Å². The second kappa shape index (κ2) is 7.01. The highest BCUT2D eigenvalue weighted by Gasteiger charge is 2.22. The molecule has 0 unspecified atom stereocenters. The van der Waals surface area contributed by atoms with Gasteiger partial charge in [-0.05, 0) is 50.2 Å². The van der Waals surface area contributed by atoms with Gasteiger partial charge in [-0.1, -0.05) is 12.1 Å². The maximum atomic E-state index is 12.1. The zero-order valence-electron chi connectivity index (χ0n) is 13.1. The molecule has 120 valence electrons. The Morgan fingerprint density at radius 3 is 3.00 bits per heavy atom. The number of ether oxygens (including phenoxy) is 1. The van der Waals surface area contributed by atoms with Crippen LogP contribution in [0, 0.1) is 12.8 Å². The molecule has 0 spiro atoms. The van der Waals surface area contributed by atoms with Gasteiger partial charge in [0.1, 0.15) is 5.75 Å². The molecule has 5 heteroatoms. The van der Waals surface area contributed by atoms with Crippen molar-refractivity contribution < 1.29 is 14.4 Å². The zero-order chi connectivity index (χ0) is 15.4. The third-order valence-corrected chi connectivity index (χ3v) is 4.05. The molecule has 1 aliphatic carbocycles. The Morgan fingerprint density at radius 1 is 1.41 bits per heavy atom. The lowest BCUT2D eigenvalue weighted by atomic mass is 10.1. The van der Waals surface area contributed by atoms with E-state index in [0.717, 1.165) is 30.8 Å². The van der Waals surface area contributed by atoms with Crippen molar-refractivity contribution in [1.29, 1.82) is 0 Å². The van der Waals surface area contributed by atoms with Crippen LogP contribution >= 0.6 is 0 Å². The number of hydroxylamine groups is 2. The van der Waals surface area contributed by atoms with E-state index in [2.05, 4.69) is 5.32 Å². The lowest BCUT2D eigenvalue weighted by molar-refractivity contribution is -0.139. The molecule has 0 bridgehead atoms. The van der Waals surface area contributed by atoms with E-state index in [9.17, 15) is 4.79 Å². The summed E-state index contributed by atoms with van der Waals surface area (Å²) >= 11 is 0. The predicted molar refractivity (Wildman–Crippen MR) is 83.5 cm³/mol. The molecule has 2 amide bonds. The van der Waals surface area contributed by atoms with E-state index >= 15 is 0 Å². The molecular weight excluding hydrogens is 280 g/mol. The number of rotatable bonds is 5. The number of benzene rings is 1. The summed E-state index contributed by atoms with van der Waals surface area (Å²) in [5, 5.41) is 4.33. The van der Waals surface area contributed by atoms with Crippen LogP contribution in [0.4, 0.5) is 4.79 Å². The van der Waals surface area contributed by atoms with Crippen molar-refractivity contribution in [3.8, 4) is 5.75 Å². The van der Waals surface area contributed by atoms with E-state index in [1.807, 2.05) is 25.1 Å². The van der Waals surface area contributed by atoms with Crippen LogP contribution in [-0.4, -0.2) is 30.9 Å². The lowest BCUT2D eigenvalue weighted by Gasteiger charge is -2.26. The second-order valence-electron chi connectivity index (χ2n) is 6.17. The Kier molecular flexibility index (Phi) is 4.83. The number of hydrogen-bond acceptors (Lipinski definition) is 3. The molecule has 1 aromatic rings. The third kappa shape index (κ3) is 4.13. The van der Waals surface area contributed by atoms with Crippen LogP contribution in [-0.2, 0) is 11.4 Å². The van der Waals surface area contributed by atoms with Gasteiger partial charge in [-0.25, -0.2) is 9.86 Å². The van der Waals surface area contributed by atoms with Crippen LogP contribution in [0.5, 0.6) is 5.75 Å². The first-order chi connectivity index (χ1) is 10.7. The minimum atomic E-state index is -0.173. The Balaban J connectivity index is 1.57. The van der Waals surface area contributed by atoms with Gasteiger partial charge in [0.25, 0.3) is 0 Å².